The topological polar surface area (TPSA) is 26.3 Å². The van der Waals surface area contributed by atoms with E-state index in [9.17, 15) is 4.79 Å². The average molecular weight is 248 g/mol. The van der Waals surface area contributed by atoms with E-state index in [-0.39, 0.29) is 5.97 Å². The summed E-state index contributed by atoms with van der Waals surface area (Å²) in [6, 6.07) is 16.0. The molecule has 0 radical (unpaired) electrons. The number of hydrogen-bond acceptors (Lipinski definition) is 2. The van der Waals surface area contributed by atoms with E-state index >= 15 is 0 Å². The van der Waals surface area contributed by atoms with Crippen LogP contribution in [0, 0.1) is 0 Å². The first kappa shape index (κ1) is 10.6. The lowest BCUT2D eigenvalue weighted by atomic mass is 10.0. The fourth-order valence-electron chi connectivity index (χ4n) is 2.95. The molecule has 0 saturated carbocycles. The third-order valence-corrected chi connectivity index (χ3v) is 3.85. The molecule has 0 fully saturated rings. The van der Waals surface area contributed by atoms with Gasteiger partial charge in [0.25, 0.3) is 0 Å². The quantitative estimate of drug-likeness (QED) is 0.665. The zero-order valence-electron chi connectivity index (χ0n) is 10.3. The van der Waals surface area contributed by atoms with Gasteiger partial charge >= 0.3 is 5.97 Å². The van der Waals surface area contributed by atoms with E-state index in [1.54, 1.807) is 0 Å². The number of cyclic esters (lactones) is 1. The van der Waals surface area contributed by atoms with Crippen LogP contribution in [0.5, 0.6) is 0 Å². The number of carbonyl (C=O) groups is 1. The van der Waals surface area contributed by atoms with Gasteiger partial charge in [0, 0.05) is 11.1 Å². The summed E-state index contributed by atoms with van der Waals surface area (Å²) in [5.41, 5.74) is 5.33. The number of esters is 1. The number of benzene rings is 2. The van der Waals surface area contributed by atoms with Crippen molar-refractivity contribution in [3.05, 3.63) is 70.8 Å². The smallest absolute Gasteiger partial charge is 0.344 e. The molecule has 4 rings (SSSR count). The lowest BCUT2D eigenvalue weighted by Crippen LogP contribution is -1.93. The Hall–Kier alpha value is -2.35. The summed E-state index contributed by atoms with van der Waals surface area (Å²) in [6.45, 7) is 0. The van der Waals surface area contributed by atoms with Gasteiger partial charge in [-0.15, -0.1) is 0 Å². The summed E-state index contributed by atoms with van der Waals surface area (Å²) in [5.74, 6) is 0.521. The van der Waals surface area contributed by atoms with Gasteiger partial charge < -0.3 is 4.74 Å². The predicted molar refractivity (Wildman–Crippen MR) is 73.4 cm³/mol. The Morgan fingerprint density at radius 1 is 0.789 bits per heavy atom. The van der Waals surface area contributed by atoms with E-state index in [4.69, 9.17) is 4.74 Å². The van der Waals surface area contributed by atoms with Crippen molar-refractivity contribution in [3.8, 4) is 0 Å². The number of aryl methyl sites for hydroxylation is 1. The van der Waals surface area contributed by atoms with Gasteiger partial charge in [0.2, 0.25) is 0 Å². The second-order valence-corrected chi connectivity index (χ2v) is 4.90. The fraction of sp³-hybridized carbons (Fsp3) is 0.118. The lowest BCUT2D eigenvalue weighted by molar-refractivity contribution is 0.0716. The van der Waals surface area contributed by atoms with Crippen molar-refractivity contribution in [2.45, 2.75) is 12.8 Å². The first-order valence-electron chi connectivity index (χ1n) is 6.47. The van der Waals surface area contributed by atoms with E-state index in [0.29, 0.717) is 5.56 Å². The summed E-state index contributed by atoms with van der Waals surface area (Å²) >= 11 is 0. The van der Waals surface area contributed by atoms with Crippen molar-refractivity contribution in [1.29, 1.82) is 0 Å². The standard InChI is InChI=1S/C17H12O2/c18-17-15-8-4-3-7-13(15)16(19-17)14-10-9-11-5-1-2-6-12(11)14/h1-8H,9-10H2/b16-14+. The second kappa shape index (κ2) is 3.82. The number of hydrogen-bond donors (Lipinski definition) is 0. The highest BCUT2D eigenvalue weighted by atomic mass is 16.5. The number of carbonyl (C=O) groups excluding carboxylic acids is 1. The predicted octanol–water partition coefficient (Wildman–Crippen LogP) is 3.67. The number of allylic oxidation sites excluding steroid dienone is 1. The molecule has 0 amide bonds. The van der Waals surface area contributed by atoms with Crippen molar-refractivity contribution in [2.24, 2.45) is 0 Å². The molecule has 0 aromatic heterocycles. The van der Waals surface area contributed by atoms with Gasteiger partial charge in [0.15, 0.2) is 0 Å². The summed E-state index contributed by atoms with van der Waals surface area (Å²) in [7, 11) is 0. The zero-order valence-corrected chi connectivity index (χ0v) is 10.3. The van der Waals surface area contributed by atoms with Crippen molar-refractivity contribution in [1.82, 2.24) is 0 Å². The van der Waals surface area contributed by atoms with Crippen LogP contribution in [-0.2, 0) is 11.2 Å². The molecule has 2 nitrogen and oxygen atoms in total. The van der Waals surface area contributed by atoms with Crippen LogP contribution in [-0.4, -0.2) is 5.97 Å². The highest BCUT2D eigenvalue weighted by molar-refractivity contribution is 6.08. The Morgan fingerprint density at radius 3 is 2.32 bits per heavy atom. The summed E-state index contributed by atoms with van der Waals surface area (Å²) in [6.07, 6.45) is 1.96. The van der Waals surface area contributed by atoms with Crippen molar-refractivity contribution in [3.63, 3.8) is 0 Å². The number of fused-ring (bicyclic) bond motifs is 2. The minimum Gasteiger partial charge on any atom is -0.422 e. The van der Waals surface area contributed by atoms with E-state index in [0.717, 1.165) is 29.7 Å². The lowest BCUT2D eigenvalue weighted by Gasteiger charge is -2.05. The molecule has 0 N–H and O–H groups in total. The van der Waals surface area contributed by atoms with Gasteiger partial charge in [-0.2, -0.15) is 0 Å². The van der Waals surface area contributed by atoms with E-state index in [1.165, 1.54) is 11.1 Å². The monoisotopic (exact) mass is 248 g/mol. The van der Waals surface area contributed by atoms with Crippen molar-refractivity contribution >= 4 is 17.3 Å². The van der Waals surface area contributed by atoms with Crippen molar-refractivity contribution < 1.29 is 9.53 Å². The molecule has 2 aromatic rings. The fourth-order valence-corrected chi connectivity index (χ4v) is 2.95. The Bertz CT molecular complexity index is 726. The van der Waals surface area contributed by atoms with Crippen molar-refractivity contribution in [2.75, 3.05) is 0 Å². The van der Waals surface area contributed by atoms with Gasteiger partial charge in [0.05, 0.1) is 5.56 Å². The highest BCUT2D eigenvalue weighted by Gasteiger charge is 2.31. The second-order valence-electron chi connectivity index (χ2n) is 4.90. The van der Waals surface area contributed by atoms with Gasteiger partial charge in [-0.25, -0.2) is 4.79 Å². The Balaban J connectivity index is 1.96. The maximum absolute atomic E-state index is 11.9. The highest BCUT2D eigenvalue weighted by Crippen LogP contribution is 2.41. The molecule has 0 unspecified atom stereocenters. The van der Waals surface area contributed by atoms with Crippen LogP contribution in [0.1, 0.15) is 33.5 Å². The zero-order chi connectivity index (χ0) is 12.8. The SMILES string of the molecule is O=C1O/C(=C2\CCc3ccccc32)c2ccccc21. The van der Waals surface area contributed by atoms with Crippen LogP contribution in [0.3, 0.4) is 0 Å². The van der Waals surface area contributed by atoms with Crippen LogP contribution in [0.25, 0.3) is 11.3 Å². The molecule has 0 spiro atoms. The van der Waals surface area contributed by atoms with Crippen LogP contribution < -0.4 is 0 Å². The van der Waals surface area contributed by atoms with Gasteiger partial charge in [0.1, 0.15) is 5.76 Å². The first-order valence-corrected chi connectivity index (χ1v) is 6.47. The Kier molecular flexibility index (Phi) is 2.12. The van der Waals surface area contributed by atoms with Crippen LogP contribution >= 0.6 is 0 Å². The molecule has 2 aliphatic rings. The molecule has 0 saturated heterocycles. The minimum atomic E-state index is -0.234. The number of rotatable bonds is 0. The normalized spacial score (nSPS) is 20.1. The number of ether oxygens (including phenoxy) is 1. The Morgan fingerprint density at radius 2 is 1.47 bits per heavy atom. The van der Waals surface area contributed by atoms with Crippen LogP contribution in [0.4, 0.5) is 0 Å². The molecule has 2 heteroatoms. The van der Waals surface area contributed by atoms with Gasteiger partial charge in [-0.05, 0) is 30.0 Å². The first-order chi connectivity index (χ1) is 9.34. The molecule has 0 bridgehead atoms. The van der Waals surface area contributed by atoms with E-state index in [1.807, 2.05) is 30.3 Å². The summed E-state index contributed by atoms with van der Waals surface area (Å²) in [4.78, 5) is 11.9. The molecule has 92 valence electrons. The summed E-state index contributed by atoms with van der Waals surface area (Å²) < 4.78 is 5.51. The summed E-state index contributed by atoms with van der Waals surface area (Å²) in [5, 5.41) is 0. The largest absolute Gasteiger partial charge is 0.422 e. The third kappa shape index (κ3) is 1.46. The Labute approximate surface area is 111 Å². The average Bonchev–Trinajstić information content (AvgIpc) is 3.01. The van der Waals surface area contributed by atoms with E-state index < -0.39 is 0 Å². The van der Waals surface area contributed by atoms with E-state index in [2.05, 4.69) is 18.2 Å². The van der Waals surface area contributed by atoms with Crippen LogP contribution in [0.2, 0.25) is 0 Å². The molecule has 1 aliphatic carbocycles. The molecule has 19 heavy (non-hydrogen) atoms. The molecule has 1 aliphatic heterocycles. The van der Waals surface area contributed by atoms with Gasteiger partial charge in [-0.3, -0.25) is 0 Å². The molecule has 0 atom stereocenters. The van der Waals surface area contributed by atoms with Gasteiger partial charge in [-0.1, -0.05) is 42.5 Å². The third-order valence-electron chi connectivity index (χ3n) is 3.85. The maximum Gasteiger partial charge on any atom is 0.344 e. The molecular formula is C17H12O2. The molecular weight excluding hydrogens is 236 g/mol. The van der Waals surface area contributed by atoms with Crippen LogP contribution in [0.15, 0.2) is 48.5 Å². The molecule has 2 aromatic carbocycles. The minimum absolute atomic E-state index is 0.234. The maximum atomic E-state index is 11.9. The molecule has 1 heterocycles.